The molecule has 0 saturated carbocycles. The number of aliphatic hydroxyl groups excluding tert-OH is 1. The van der Waals surface area contributed by atoms with Crippen LogP contribution in [0.3, 0.4) is 0 Å². The van der Waals surface area contributed by atoms with Crippen LogP contribution in [0, 0.1) is 6.92 Å². The summed E-state index contributed by atoms with van der Waals surface area (Å²) in [5, 5.41) is 13.1. The second kappa shape index (κ2) is 8.69. The lowest BCUT2D eigenvalue weighted by Gasteiger charge is -2.25. The van der Waals surface area contributed by atoms with Crippen molar-refractivity contribution in [3.8, 4) is 11.5 Å². The molecule has 0 radical (unpaired) electrons. The molecule has 1 amide bonds. The fraction of sp³-hybridized carbons (Fsp3) is 0.364. The number of hydrogen-bond acceptors (Lipinski definition) is 6. The van der Waals surface area contributed by atoms with Crippen molar-refractivity contribution >= 4 is 28.8 Å². The van der Waals surface area contributed by atoms with Gasteiger partial charge in [0, 0.05) is 11.4 Å². The number of amides is 1. The first-order valence-electron chi connectivity index (χ1n) is 9.49. The van der Waals surface area contributed by atoms with Gasteiger partial charge in [0.25, 0.3) is 11.7 Å². The van der Waals surface area contributed by atoms with Crippen molar-refractivity contribution in [2.75, 3.05) is 20.8 Å². The zero-order chi connectivity index (χ0) is 21.1. The Balaban J connectivity index is 2.23. The lowest BCUT2D eigenvalue weighted by molar-refractivity contribution is -0.139. The highest BCUT2D eigenvalue weighted by Gasteiger charge is 2.47. The Kier molecular flexibility index (Phi) is 6.27. The largest absolute Gasteiger partial charge is 0.507 e. The van der Waals surface area contributed by atoms with Crippen molar-refractivity contribution in [2.45, 2.75) is 32.7 Å². The van der Waals surface area contributed by atoms with Crippen molar-refractivity contribution in [1.29, 1.82) is 0 Å². The third kappa shape index (κ3) is 3.74. The molecule has 7 heteroatoms. The molecule has 29 heavy (non-hydrogen) atoms. The number of unbranched alkanes of at least 4 members (excludes halogenated alkanes) is 1. The summed E-state index contributed by atoms with van der Waals surface area (Å²) in [6.07, 6.45) is 1.67. The van der Waals surface area contributed by atoms with E-state index in [0.29, 0.717) is 23.6 Å². The van der Waals surface area contributed by atoms with E-state index in [1.807, 2.05) is 25.3 Å². The SMILES string of the molecule is CCCCN1C(=O)C(=O)/C(=C(/O)c2cc(OC)ccc2OC)C1c1sccc1C. The molecule has 1 saturated heterocycles. The first-order valence-corrected chi connectivity index (χ1v) is 10.4. The van der Waals surface area contributed by atoms with Crippen molar-refractivity contribution in [3.63, 3.8) is 0 Å². The summed E-state index contributed by atoms with van der Waals surface area (Å²) in [7, 11) is 3.00. The second-order valence-corrected chi connectivity index (χ2v) is 7.83. The van der Waals surface area contributed by atoms with E-state index < -0.39 is 17.7 Å². The molecular weight excluding hydrogens is 390 g/mol. The van der Waals surface area contributed by atoms with E-state index in [4.69, 9.17) is 9.47 Å². The maximum atomic E-state index is 13.0. The van der Waals surface area contributed by atoms with Gasteiger partial charge in [-0.3, -0.25) is 9.59 Å². The molecule has 0 spiro atoms. The molecule has 1 aromatic carbocycles. The number of carbonyl (C=O) groups is 2. The number of carbonyl (C=O) groups excluding carboxylic acids is 2. The van der Waals surface area contributed by atoms with Gasteiger partial charge in [-0.25, -0.2) is 0 Å². The van der Waals surface area contributed by atoms with Crippen molar-refractivity contribution in [2.24, 2.45) is 0 Å². The first kappa shape index (κ1) is 20.9. The van der Waals surface area contributed by atoms with E-state index in [1.54, 1.807) is 23.1 Å². The molecule has 0 bridgehead atoms. The minimum Gasteiger partial charge on any atom is -0.507 e. The van der Waals surface area contributed by atoms with E-state index >= 15 is 0 Å². The van der Waals surface area contributed by atoms with Crippen molar-refractivity contribution < 1.29 is 24.2 Å². The predicted octanol–water partition coefficient (Wildman–Crippen LogP) is 4.30. The average Bonchev–Trinajstić information content (AvgIpc) is 3.26. The third-order valence-electron chi connectivity index (χ3n) is 5.10. The van der Waals surface area contributed by atoms with Crippen LogP contribution >= 0.6 is 11.3 Å². The molecule has 6 nitrogen and oxygen atoms in total. The molecule has 2 heterocycles. The lowest BCUT2D eigenvalue weighted by atomic mass is 9.97. The van der Waals surface area contributed by atoms with Crippen LogP contribution < -0.4 is 9.47 Å². The first-order chi connectivity index (χ1) is 13.9. The molecule has 1 aromatic heterocycles. The predicted molar refractivity (Wildman–Crippen MR) is 113 cm³/mol. The maximum Gasteiger partial charge on any atom is 0.295 e. The van der Waals surface area contributed by atoms with E-state index in [1.165, 1.54) is 25.6 Å². The van der Waals surface area contributed by atoms with E-state index in [9.17, 15) is 14.7 Å². The van der Waals surface area contributed by atoms with Crippen LogP contribution in [-0.4, -0.2) is 42.5 Å². The number of thiophene rings is 1. The molecule has 1 aliphatic heterocycles. The van der Waals surface area contributed by atoms with Crippen molar-refractivity contribution in [1.82, 2.24) is 4.90 Å². The lowest BCUT2D eigenvalue weighted by Crippen LogP contribution is -2.30. The summed E-state index contributed by atoms with van der Waals surface area (Å²) in [5.41, 5.74) is 1.38. The highest BCUT2D eigenvalue weighted by Crippen LogP contribution is 2.44. The Morgan fingerprint density at radius 3 is 2.55 bits per heavy atom. The maximum absolute atomic E-state index is 13.0. The van der Waals surface area contributed by atoms with Crippen LogP contribution in [-0.2, 0) is 9.59 Å². The number of ketones is 1. The fourth-order valence-electron chi connectivity index (χ4n) is 3.52. The number of hydrogen-bond donors (Lipinski definition) is 1. The minimum absolute atomic E-state index is 0.0863. The van der Waals surface area contributed by atoms with Crippen molar-refractivity contribution in [3.05, 3.63) is 51.2 Å². The van der Waals surface area contributed by atoms with E-state index in [0.717, 1.165) is 23.3 Å². The Morgan fingerprint density at radius 1 is 1.21 bits per heavy atom. The van der Waals surface area contributed by atoms with Gasteiger partial charge in [0.1, 0.15) is 17.3 Å². The Morgan fingerprint density at radius 2 is 1.97 bits per heavy atom. The zero-order valence-corrected chi connectivity index (χ0v) is 17.8. The van der Waals surface area contributed by atoms with Gasteiger partial charge < -0.3 is 19.5 Å². The van der Waals surface area contributed by atoms with Gasteiger partial charge in [0.05, 0.1) is 31.4 Å². The van der Waals surface area contributed by atoms with Gasteiger partial charge in [-0.15, -0.1) is 11.3 Å². The molecule has 154 valence electrons. The third-order valence-corrected chi connectivity index (χ3v) is 6.18. The molecule has 1 fully saturated rings. The van der Waals surface area contributed by atoms with Crippen LogP contribution in [0.25, 0.3) is 5.76 Å². The highest BCUT2D eigenvalue weighted by molar-refractivity contribution is 7.10. The van der Waals surface area contributed by atoms with Gasteiger partial charge in [0.2, 0.25) is 0 Å². The Labute approximate surface area is 174 Å². The monoisotopic (exact) mass is 415 g/mol. The fourth-order valence-corrected chi connectivity index (χ4v) is 4.57. The molecule has 1 N–H and O–H groups in total. The van der Waals surface area contributed by atoms with E-state index in [-0.39, 0.29) is 11.3 Å². The highest BCUT2D eigenvalue weighted by atomic mass is 32.1. The summed E-state index contributed by atoms with van der Waals surface area (Å²) in [4.78, 5) is 28.3. The average molecular weight is 416 g/mol. The number of nitrogens with zero attached hydrogens (tertiary/aromatic N) is 1. The van der Waals surface area contributed by atoms with Crippen LogP contribution in [0.4, 0.5) is 0 Å². The van der Waals surface area contributed by atoms with Crippen LogP contribution in [0.5, 0.6) is 11.5 Å². The second-order valence-electron chi connectivity index (χ2n) is 6.88. The van der Waals surface area contributed by atoms with Gasteiger partial charge in [-0.2, -0.15) is 0 Å². The standard InChI is InChI=1S/C22H25NO5S/c1-5-6-10-23-18(21-13(2)9-11-29-21)17(20(25)22(23)26)19(24)15-12-14(27-3)7-8-16(15)28-4/h7-9,11-12,18,24H,5-6,10H2,1-4H3/b19-17+. The summed E-state index contributed by atoms with van der Waals surface area (Å²) in [6, 6.07) is 6.30. The molecular formula is C22H25NO5S. The number of aliphatic hydroxyl groups is 1. The van der Waals surface area contributed by atoms with Gasteiger partial charge in [0.15, 0.2) is 0 Å². The van der Waals surface area contributed by atoms with Gasteiger partial charge >= 0.3 is 0 Å². The summed E-state index contributed by atoms with van der Waals surface area (Å²) in [5.74, 6) is -0.613. The van der Waals surface area contributed by atoms with E-state index in [2.05, 4.69) is 0 Å². The number of rotatable bonds is 7. The zero-order valence-electron chi connectivity index (χ0n) is 17.0. The molecule has 1 unspecified atom stereocenters. The quantitative estimate of drug-likeness (QED) is 0.415. The normalized spacial score (nSPS) is 18.3. The molecule has 2 aromatic rings. The number of Topliss-reactive ketones (excluding diaryl/α,β-unsaturated/α-hetero) is 1. The molecule has 0 aliphatic carbocycles. The number of methoxy groups -OCH3 is 2. The summed E-state index contributed by atoms with van der Waals surface area (Å²) in [6.45, 7) is 4.43. The molecule has 3 rings (SSSR count). The van der Waals surface area contributed by atoms with Crippen LogP contribution in [0.2, 0.25) is 0 Å². The molecule has 1 atom stereocenters. The minimum atomic E-state index is -0.679. The van der Waals surface area contributed by atoms with Gasteiger partial charge in [-0.05, 0) is 48.6 Å². The summed E-state index contributed by atoms with van der Waals surface area (Å²) >= 11 is 1.47. The Hall–Kier alpha value is -2.80. The number of ether oxygens (including phenoxy) is 2. The molecule has 1 aliphatic rings. The number of likely N-dealkylation sites (tertiary alicyclic amines) is 1. The topological polar surface area (TPSA) is 76.1 Å². The van der Waals surface area contributed by atoms with Gasteiger partial charge in [-0.1, -0.05) is 13.3 Å². The smallest absolute Gasteiger partial charge is 0.295 e. The Bertz CT molecular complexity index is 962. The van der Waals surface area contributed by atoms with Crippen LogP contribution in [0.1, 0.15) is 41.8 Å². The van der Waals surface area contributed by atoms with Crippen LogP contribution in [0.15, 0.2) is 35.2 Å². The summed E-state index contributed by atoms with van der Waals surface area (Å²) < 4.78 is 10.6. The number of aryl methyl sites for hydroxylation is 1. The number of benzene rings is 1.